The SMILES string of the molecule is C/C=C/CCC[C@@]12CCC[C@@H]1[C@@H](C)C2=O. The molecular weight excluding hydrogens is 184 g/mol. The minimum atomic E-state index is 0.140. The molecule has 0 radical (unpaired) electrons. The molecule has 0 bridgehead atoms. The van der Waals surface area contributed by atoms with E-state index in [9.17, 15) is 4.79 Å². The molecule has 0 saturated heterocycles. The fraction of sp³-hybridized carbons (Fsp3) is 0.786. The summed E-state index contributed by atoms with van der Waals surface area (Å²) in [6, 6.07) is 0. The van der Waals surface area contributed by atoms with Crippen LogP contribution in [0.1, 0.15) is 52.4 Å². The number of ketones is 1. The molecule has 84 valence electrons. The van der Waals surface area contributed by atoms with Gasteiger partial charge in [-0.2, -0.15) is 0 Å². The first-order valence-corrected chi connectivity index (χ1v) is 6.38. The van der Waals surface area contributed by atoms with Gasteiger partial charge in [-0.1, -0.05) is 25.5 Å². The van der Waals surface area contributed by atoms with Gasteiger partial charge in [0.05, 0.1) is 0 Å². The Kier molecular flexibility index (Phi) is 2.99. The van der Waals surface area contributed by atoms with Gasteiger partial charge < -0.3 is 0 Å². The Hall–Kier alpha value is -0.590. The van der Waals surface area contributed by atoms with Crippen LogP contribution in [0.2, 0.25) is 0 Å². The Labute approximate surface area is 92.9 Å². The molecule has 2 saturated carbocycles. The highest BCUT2D eigenvalue weighted by Crippen LogP contribution is 2.60. The van der Waals surface area contributed by atoms with E-state index in [0.29, 0.717) is 11.7 Å². The van der Waals surface area contributed by atoms with Crippen molar-refractivity contribution < 1.29 is 4.79 Å². The number of hydrogen-bond acceptors (Lipinski definition) is 1. The van der Waals surface area contributed by atoms with Crippen molar-refractivity contribution >= 4 is 5.78 Å². The summed E-state index contributed by atoms with van der Waals surface area (Å²) in [5.74, 6) is 1.68. The van der Waals surface area contributed by atoms with Crippen LogP contribution in [0.4, 0.5) is 0 Å². The molecule has 1 nitrogen and oxygen atoms in total. The first-order valence-electron chi connectivity index (χ1n) is 6.38. The summed E-state index contributed by atoms with van der Waals surface area (Å²) in [7, 11) is 0. The molecule has 2 fully saturated rings. The number of allylic oxidation sites excluding steroid dienone is 2. The Balaban J connectivity index is 1.92. The van der Waals surface area contributed by atoms with Crippen molar-refractivity contribution in [3.05, 3.63) is 12.2 Å². The summed E-state index contributed by atoms with van der Waals surface area (Å²) >= 11 is 0. The van der Waals surface area contributed by atoms with Gasteiger partial charge in [0.15, 0.2) is 0 Å². The molecule has 0 spiro atoms. The monoisotopic (exact) mass is 206 g/mol. The van der Waals surface area contributed by atoms with Crippen LogP contribution < -0.4 is 0 Å². The van der Waals surface area contributed by atoms with Crippen LogP contribution >= 0.6 is 0 Å². The predicted molar refractivity (Wildman–Crippen MR) is 62.6 cm³/mol. The molecule has 0 aromatic rings. The Morgan fingerprint density at radius 2 is 2.33 bits per heavy atom. The van der Waals surface area contributed by atoms with Gasteiger partial charge >= 0.3 is 0 Å². The van der Waals surface area contributed by atoms with Gasteiger partial charge in [0.2, 0.25) is 0 Å². The summed E-state index contributed by atoms with van der Waals surface area (Å²) in [6.45, 7) is 4.19. The third-order valence-corrected chi connectivity index (χ3v) is 4.59. The average Bonchev–Trinajstić information content (AvgIpc) is 2.64. The van der Waals surface area contributed by atoms with E-state index < -0.39 is 0 Å². The Morgan fingerprint density at radius 1 is 1.53 bits per heavy atom. The maximum absolute atomic E-state index is 12.0. The number of unbranched alkanes of at least 4 members (excludes halogenated alkanes) is 1. The fourth-order valence-electron chi connectivity index (χ4n) is 3.81. The third-order valence-electron chi connectivity index (χ3n) is 4.59. The standard InChI is InChI=1S/C14H22O/c1-3-4-5-6-9-14-10-7-8-12(14)11(2)13(14)15/h3-4,11-12H,5-10H2,1-2H3/b4-3+/t11-,12-,14-/m1/s1. The van der Waals surface area contributed by atoms with Gasteiger partial charge in [-0.05, 0) is 44.9 Å². The number of carbonyl (C=O) groups is 1. The largest absolute Gasteiger partial charge is 0.299 e. The van der Waals surface area contributed by atoms with Gasteiger partial charge in [0.1, 0.15) is 5.78 Å². The Bertz CT molecular complexity index is 279. The highest BCUT2D eigenvalue weighted by molar-refractivity contribution is 5.94. The van der Waals surface area contributed by atoms with Gasteiger partial charge in [0.25, 0.3) is 0 Å². The molecule has 1 heteroatoms. The lowest BCUT2D eigenvalue weighted by Crippen LogP contribution is -2.53. The summed E-state index contributed by atoms with van der Waals surface area (Å²) in [4.78, 5) is 12.0. The van der Waals surface area contributed by atoms with Gasteiger partial charge in [0, 0.05) is 11.3 Å². The van der Waals surface area contributed by atoms with E-state index in [2.05, 4.69) is 26.0 Å². The minimum absolute atomic E-state index is 0.140. The number of fused-ring (bicyclic) bond motifs is 1. The van der Waals surface area contributed by atoms with Crippen molar-refractivity contribution in [2.45, 2.75) is 52.4 Å². The molecule has 2 aliphatic rings. The van der Waals surface area contributed by atoms with Crippen LogP contribution in [0.5, 0.6) is 0 Å². The number of carbonyl (C=O) groups excluding carboxylic acids is 1. The Morgan fingerprint density at radius 3 is 3.07 bits per heavy atom. The summed E-state index contributed by atoms with van der Waals surface area (Å²) in [5.41, 5.74) is 0.140. The van der Waals surface area contributed by atoms with Crippen molar-refractivity contribution in [2.75, 3.05) is 0 Å². The van der Waals surface area contributed by atoms with Crippen molar-refractivity contribution in [1.82, 2.24) is 0 Å². The third kappa shape index (κ3) is 1.56. The molecule has 0 unspecified atom stereocenters. The topological polar surface area (TPSA) is 17.1 Å². The van der Waals surface area contributed by atoms with Gasteiger partial charge in [-0.25, -0.2) is 0 Å². The van der Waals surface area contributed by atoms with Crippen LogP contribution in [-0.2, 0) is 4.79 Å². The van der Waals surface area contributed by atoms with E-state index in [1.54, 1.807) is 0 Å². The summed E-state index contributed by atoms with van der Waals surface area (Å²) in [6.07, 6.45) is 11.6. The first kappa shape index (κ1) is 10.9. The molecule has 0 aromatic heterocycles. The number of hydrogen-bond donors (Lipinski definition) is 0. The minimum Gasteiger partial charge on any atom is -0.299 e. The maximum Gasteiger partial charge on any atom is 0.142 e. The first-order chi connectivity index (χ1) is 7.22. The molecular formula is C14H22O. The van der Waals surface area contributed by atoms with Crippen LogP contribution in [0.3, 0.4) is 0 Å². The van der Waals surface area contributed by atoms with E-state index in [4.69, 9.17) is 0 Å². The van der Waals surface area contributed by atoms with Gasteiger partial charge in [-0.15, -0.1) is 0 Å². The fourth-order valence-corrected chi connectivity index (χ4v) is 3.81. The van der Waals surface area contributed by atoms with E-state index in [-0.39, 0.29) is 5.41 Å². The van der Waals surface area contributed by atoms with Gasteiger partial charge in [-0.3, -0.25) is 4.79 Å². The molecule has 15 heavy (non-hydrogen) atoms. The lowest BCUT2D eigenvalue weighted by atomic mass is 9.53. The lowest BCUT2D eigenvalue weighted by molar-refractivity contribution is -0.153. The average molecular weight is 206 g/mol. The molecule has 2 aliphatic carbocycles. The highest BCUT2D eigenvalue weighted by atomic mass is 16.1. The number of rotatable bonds is 4. The van der Waals surface area contributed by atoms with Crippen molar-refractivity contribution in [3.63, 3.8) is 0 Å². The molecule has 0 aromatic carbocycles. The van der Waals surface area contributed by atoms with Crippen LogP contribution in [0.15, 0.2) is 12.2 Å². The van der Waals surface area contributed by atoms with E-state index in [1.807, 2.05) is 0 Å². The quantitative estimate of drug-likeness (QED) is 0.506. The second kappa shape index (κ2) is 4.11. The molecule has 0 aliphatic heterocycles. The molecule has 0 N–H and O–H groups in total. The number of Topliss-reactive ketones (excluding diaryl/α,β-unsaturated/α-hetero) is 1. The zero-order valence-corrected chi connectivity index (χ0v) is 9.96. The second-order valence-electron chi connectivity index (χ2n) is 5.27. The summed E-state index contributed by atoms with van der Waals surface area (Å²) in [5, 5.41) is 0. The molecule has 2 rings (SSSR count). The molecule has 3 atom stereocenters. The van der Waals surface area contributed by atoms with E-state index >= 15 is 0 Å². The normalized spacial score (nSPS) is 39.5. The predicted octanol–water partition coefficient (Wildman–Crippen LogP) is 3.74. The zero-order valence-electron chi connectivity index (χ0n) is 9.96. The van der Waals surface area contributed by atoms with Crippen LogP contribution in [0.25, 0.3) is 0 Å². The van der Waals surface area contributed by atoms with E-state index in [1.165, 1.54) is 25.7 Å². The smallest absolute Gasteiger partial charge is 0.142 e. The van der Waals surface area contributed by atoms with Crippen molar-refractivity contribution in [3.8, 4) is 0 Å². The molecule has 0 heterocycles. The lowest BCUT2D eigenvalue weighted by Gasteiger charge is -2.48. The van der Waals surface area contributed by atoms with Crippen LogP contribution in [0, 0.1) is 17.3 Å². The zero-order chi connectivity index (χ0) is 10.9. The van der Waals surface area contributed by atoms with Crippen molar-refractivity contribution in [2.24, 2.45) is 17.3 Å². The van der Waals surface area contributed by atoms with E-state index in [0.717, 1.165) is 18.8 Å². The highest BCUT2D eigenvalue weighted by Gasteiger charge is 2.60. The summed E-state index contributed by atoms with van der Waals surface area (Å²) < 4.78 is 0. The molecule has 0 amide bonds. The second-order valence-corrected chi connectivity index (χ2v) is 5.27. The van der Waals surface area contributed by atoms with Crippen LogP contribution in [-0.4, -0.2) is 5.78 Å². The van der Waals surface area contributed by atoms with Crippen molar-refractivity contribution in [1.29, 1.82) is 0 Å². The maximum atomic E-state index is 12.0.